The molecule has 0 unspecified atom stereocenters. The predicted molar refractivity (Wildman–Crippen MR) is 90.6 cm³/mol. The van der Waals surface area contributed by atoms with Crippen LogP contribution in [0.3, 0.4) is 0 Å². The fourth-order valence-corrected chi connectivity index (χ4v) is 2.17. The molecule has 0 aromatic rings. The molecule has 0 aromatic carbocycles. The second-order valence-corrected chi connectivity index (χ2v) is 8.66. The summed E-state index contributed by atoms with van der Waals surface area (Å²) in [6, 6.07) is 0. The molecular formula is C18H32O6Zr. The van der Waals surface area contributed by atoms with Crippen molar-refractivity contribution >= 4 is 11.6 Å². The Balaban J connectivity index is -0.000000304. The monoisotopic (exact) mass is 434 g/mol. The van der Waals surface area contributed by atoms with Gasteiger partial charge in [-0.05, 0) is 26.0 Å². The van der Waals surface area contributed by atoms with Gasteiger partial charge < -0.3 is 10.2 Å². The van der Waals surface area contributed by atoms with Gasteiger partial charge in [-0.15, -0.1) is 11.5 Å². The third kappa shape index (κ3) is 45.1. The summed E-state index contributed by atoms with van der Waals surface area (Å²) >= 11 is -1.06. The van der Waals surface area contributed by atoms with Crippen molar-refractivity contribution in [1.82, 2.24) is 0 Å². The van der Waals surface area contributed by atoms with E-state index in [0.29, 0.717) is 0 Å². The van der Waals surface area contributed by atoms with Crippen molar-refractivity contribution in [3.8, 4) is 0 Å². The van der Waals surface area contributed by atoms with Crippen LogP contribution in [0.1, 0.15) is 69.2 Å². The number of hydrogen-bond acceptors (Lipinski definition) is 6. The van der Waals surface area contributed by atoms with Crippen LogP contribution in [0, 0.1) is 0 Å². The maximum atomic E-state index is 9.98. The molecule has 0 aliphatic carbocycles. The predicted octanol–water partition coefficient (Wildman–Crippen LogP) is 2.21. The number of carbonyl (C=O) groups excluding carboxylic acids is 2. The molecule has 0 aliphatic rings. The van der Waals surface area contributed by atoms with E-state index in [1.807, 2.05) is 0 Å². The minimum atomic E-state index is -1.06. The molecule has 0 saturated heterocycles. The van der Waals surface area contributed by atoms with Crippen molar-refractivity contribution < 1.29 is 49.5 Å². The van der Waals surface area contributed by atoms with Crippen LogP contribution in [0.25, 0.3) is 0 Å². The van der Waals surface area contributed by atoms with Crippen LogP contribution in [0.2, 0.25) is 0 Å². The molecule has 0 N–H and O–H groups in total. The van der Waals surface area contributed by atoms with Crippen molar-refractivity contribution in [2.45, 2.75) is 80.4 Å². The Morgan fingerprint density at radius 3 is 1.04 bits per heavy atom. The first kappa shape index (κ1) is 29.0. The molecule has 0 rings (SSSR count). The molecule has 0 radical (unpaired) electrons. The number of ketones is 2. The first-order valence-corrected chi connectivity index (χ1v) is 9.79. The van der Waals surface area contributed by atoms with Crippen LogP contribution in [0.5, 0.6) is 0 Å². The molecule has 0 atom stereocenters. The third-order valence-electron chi connectivity index (χ3n) is 1.51. The van der Waals surface area contributed by atoms with Gasteiger partial charge in [-0.2, -0.15) is 0 Å². The van der Waals surface area contributed by atoms with Crippen LogP contribution in [-0.4, -0.2) is 22.8 Å². The van der Waals surface area contributed by atoms with Gasteiger partial charge in [0.2, 0.25) is 0 Å². The van der Waals surface area contributed by atoms with Crippen molar-refractivity contribution in [3.63, 3.8) is 0 Å². The molecule has 0 aromatic heterocycles. The summed E-state index contributed by atoms with van der Waals surface area (Å²) in [6.45, 7) is 17.7. The quantitative estimate of drug-likeness (QED) is 0.496. The molecular weight excluding hydrogens is 403 g/mol. The van der Waals surface area contributed by atoms with Crippen LogP contribution in [-0.2, 0) is 39.3 Å². The fraction of sp³-hybridized carbons (Fsp3) is 0.667. The van der Waals surface area contributed by atoms with Gasteiger partial charge in [-0.25, -0.2) is 0 Å². The second-order valence-electron chi connectivity index (χ2n) is 7.24. The first-order chi connectivity index (χ1) is 11.0. The van der Waals surface area contributed by atoms with E-state index in [1.165, 1.54) is 27.7 Å². The SMILES string of the molecule is CC(=O)/C=C(/C)[O-].CC(=O)/C=C(/C)[O-].CC(C)(C)[O][Zr+2][O]C(C)(C)C. The van der Waals surface area contributed by atoms with Gasteiger partial charge in [0.05, 0.1) is 0 Å². The topological polar surface area (TPSA) is 98.7 Å². The summed E-state index contributed by atoms with van der Waals surface area (Å²) < 4.78 is 11.1. The van der Waals surface area contributed by atoms with Crippen molar-refractivity contribution in [2.24, 2.45) is 0 Å². The van der Waals surface area contributed by atoms with E-state index in [0.717, 1.165) is 12.2 Å². The molecule has 0 bridgehead atoms. The van der Waals surface area contributed by atoms with E-state index >= 15 is 0 Å². The van der Waals surface area contributed by atoms with Gasteiger partial charge in [0.15, 0.2) is 11.6 Å². The van der Waals surface area contributed by atoms with E-state index in [1.54, 1.807) is 0 Å². The average molecular weight is 436 g/mol. The Morgan fingerprint density at radius 1 is 0.720 bits per heavy atom. The third-order valence-corrected chi connectivity index (χ3v) is 4.93. The summed E-state index contributed by atoms with van der Waals surface area (Å²) in [5.41, 5.74) is -0.0607. The number of rotatable bonds is 4. The van der Waals surface area contributed by atoms with Crippen LogP contribution in [0.4, 0.5) is 0 Å². The van der Waals surface area contributed by atoms with Crippen molar-refractivity contribution in [1.29, 1.82) is 0 Å². The minimum absolute atomic E-state index is 0.0303. The Bertz CT molecular complexity index is 403. The van der Waals surface area contributed by atoms with Gasteiger partial charge in [-0.1, -0.05) is 13.8 Å². The van der Waals surface area contributed by atoms with Gasteiger partial charge in [0.25, 0.3) is 0 Å². The van der Waals surface area contributed by atoms with Crippen LogP contribution >= 0.6 is 0 Å². The standard InChI is InChI=1S/2C5H8O2.2C4H9O.Zr/c2*1-4(6)3-5(2)7;2*1-4(2,3)5;/h2*3,6H,1-2H3;2*1-3H3;/q;;2*-1;+4/p-2/b2*4-3-;;;. The number of carbonyl (C=O) groups is 2. The molecule has 0 spiro atoms. The second kappa shape index (κ2) is 14.4. The molecule has 144 valence electrons. The van der Waals surface area contributed by atoms with Crippen LogP contribution in [0.15, 0.2) is 23.7 Å². The molecule has 0 aliphatic heterocycles. The maximum absolute atomic E-state index is 9.98. The van der Waals surface area contributed by atoms with E-state index in [9.17, 15) is 19.8 Å². The Hall–Kier alpha value is -0.777. The van der Waals surface area contributed by atoms with Crippen molar-refractivity contribution in [2.75, 3.05) is 0 Å². The fourth-order valence-electron chi connectivity index (χ4n) is 0.843. The van der Waals surface area contributed by atoms with Crippen molar-refractivity contribution in [3.05, 3.63) is 23.7 Å². The van der Waals surface area contributed by atoms with Gasteiger partial charge in [0, 0.05) is 0 Å². The normalized spacial score (nSPS) is 12.1. The number of hydrogen-bond donors (Lipinski definition) is 0. The first-order valence-electron chi connectivity index (χ1n) is 7.79. The van der Waals surface area contributed by atoms with Gasteiger partial charge in [0.1, 0.15) is 0 Å². The molecule has 25 heavy (non-hydrogen) atoms. The number of allylic oxidation sites excluding steroid dienone is 4. The summed E-state index contributed by atoms with van der Waals surface area (Å²) in [5.74, 6) is -0.750. The van der Waals surface area contributed by atoms with E-state index < -0.39 is 24.1 Å². The van der Waals surface area contributed by atoms with E-state index in [2.05, 4.69) is 41.5 Å². The molecule has 6 nitrogen and oxygen atoms in total. The average Bonchev–Trinajstić information content (AvgIpc) is 2.21. The molecule has 0 fully saturated rings. The Labute approximate surface area is 165 Å². The van der Waals surface area contributed by atoms with Crippen LogP contribution < -0.4 is 10.2 Å². The molecule has 0 amide bonds. The zero-order chi connectivity index (χ0) is 20.8. The molecule has 7 heteroatoms. The summed E-state index contributed by atoms with van der Waals surface area (Å²) in [5, 5.41) is 20.0. The summed E-state index contributed by atoms with van der Waals surface area (Å²) in [7, 11) is 0. The zero-order valence-corrected chi connectivity index (χ0v) is 19.6. The zero-order valence-electron chi connectivity index (χ0n) is 17.1. The Kier molecular flexibility index (Phi) is 16.7. The molecule has 0 heterocycles. The Morgan fingerprint density at radius 2 is 0.960 bits per heavy atom. The van der Waals surface area contributed by atoms with Gasteiger partial charge in [-0.3, -0.25) is 9.59 Å². The molecule has 0 saturated carbocycles. The van der Waals surface area contributed by atoms with E-state index in [4.69, 9.17) is 5.63 Å². The van der Waals surface area contributed by atoms with Gasteiger partial charge >= 0.3 is 82.5 Å². The van der Waals surface area contributed by atoms with E-state index in [-0.39, 0.29) is 34.3 Å². The summed E-state index contributed by atoms with van der Waals surface area (Å²) in [6.07, 6.45) is 2.11. The summed E-state index contributed by atoms with van der Waals surface area (Å²) in [4.78, 5) is 20.0.